The van der Waals surface area contributed by atoms with Crippen LogP contribution in [0.1, 0.15) is 72.1 Å². The van der Waals surface area contributed by atoms with Gasteiger partial charge in [-0.1, -0.05) is 13.0 Å². The third-order valence-electron chi connectivity index (χ3n) is 6.88. The van der Waals surface area contributed by atoms with Crippen LogP contribution in [0.5, 0.6) is 0 Å². The Morgan fingerprint density at radius 1 is 1.00 bits per heavy atom. The van der Waals surface area contributed by atoms with Crippen LogP contribution in [0.3, 0.4) is 0 Å². The zero-order valence-electron chi connectivity index (χ0n) is 19.7. The van der Waals surface area contributed by atoms with Crippen LogP contribution >= 0.6 is 0 Å². The number of amides is 2. The number of halogens is 7. The van der Waals surface area contributed by atoms with Gasteiger partial charge >= 0.3 is 12.4 Å². The summed E-state index contributed by atoms with van der Waals surface area (Å²) in [6.45, 7) is 1.78. The third kappa shape index (κ3) is 5.72. The molecule has 5 nitrogen and oxygen atoms in total. The summed E-state index contributed by atoms with van der Waals surface area (Å²) < 4.78 is 93.0. The number of carbonyl (C=O) groups is 2. The Hall–Kier alpha value is -3.18. The van der Waals surface area contributed by atoms with Gasteiger partial charge in [0.2, 0.25) is 5.91 Å². The Labute approximate surface area is 208 Å². The van der Waals surface area contributed by atoms with Crippen molar-refractivity contribution in [2.45, 2.75) is 69.5 Å². The smallest absolute Gasteiger partial charge is 0.347 e. The Kier molecular flexibility index (Phi) is 7.22. The fourth-order valence-corrected chi connectivity index (χ4v) is 4.79. The summed E-state index contributed by atoms with van der Waals surface area (Å²) in [6.07, 6.45) is -5.47. The van der Waals surface area contributed by atoms with Crippen molar-refractivity contribution >= 4 is 11.8 Å². The predicted molar refractivity (Wildman–Crippen MR) is 118 cm³/mol. The number of nitrogens with one attached hydrogen (secondary N) is 1. The number of rotatable bonds is 6. The van der Waals surface area contributed by atoms with Crippen molar-refractivity contribution < 1.29 is 40.3 Å². The van der Waals surface area contributed by atoms with Crippen molar-refractivity contribution in [1.29, 1.82) is 0 Å². The number of likely N-dealkylation sites (tertiary alicyclic amines) is 1. The number of nitrogens with zero attached hydrogens (tertiary/aromatic N) is 2. The average molecular weight is 531 g/mol. The number of benzene rings is 1. The number of alkyl halides is 6. The molecule has 37 heavy (non-hydrogen) atoms. The van der Waals surface area contributed by atoms with E-state index in [1.54, 1.807) is 6.92 Å². The van der Waals surface area contributed by atoms with Crippen molar-refractivity contribution in [3.05, 3.63) is 64.7 Å². The molecule has 2 amide bonds. The molecule has 1 N–H and O–H groups in total. The fourth-order valence-electron chi connectivity index (χ4n) is 4.79. The van der Waals surface area contributed by atoms with Gasteiger partial charge in [-0.3, -0.25) is 14.6 Å². The number of hydrogen-bond donors (Lipinski definition) is 1. The third-order valence-corrected chi connectivity index (χ3v) is 6.88. The molecule has 0 spiro atoms. The van der Waals surface area contributed by atoms with Gasteiger partial charge < -0.3 is 10.2 Å². The van der Waals surface area contributed by atoms with Gasteiger partial charge in [0.25, 0.3) is 5.91 Å². The number of pyridine rings is 1. The zero-order valence-corrected chi connectivity index (χ0v) is 19.7. The van der Waals surface area contributed by atoms with E-state index in [9.17, 15) is 40.3 Å². The molecular formula is C25H24F7N3O2. The molecule has 12 heteroatoms. The molecule has 1 unspecified atom stereocenters. The number of hydrogen-bond acceptors (Lipinski definition) is 3. The van der Waals surface area contributed by atoms with Gasteiger partial charge in [0, 0.05) is 24.0 Å². The average Bonchev–Trinajstić information content (AvgIpc) is 3.58. The zero-order chi connectivity index (χ0) is 27.1. The van der Waals surface area contributed by atoms with Crippen LogP contribution in [0.4, 0.5) is 30.7 Å². The first-order chi connectivity index (χ1) is 17.3. The molecule has 1 aromatic heterocycles. The van der Waals surface area contributed by atoms with E-state index >= 15 is 0 Å². The second-order valence-corrected chi connectivity index (χ2v) is 9.39. The fraction of sp³-hybridized carbons (Fsp3) is 0.480. The predicted octanol–water partition coefficient (Wildman–Crippen LogP) is 5.91. The van der Waals surface area contributed by atoms with Crippen LogP contribution in [0.2, 0.25) is 0 Å². The van der Waals surface area contributed by atoms with Crippen molar-refractivity contribution in [3.63, 3.8) is 0 Å². The molecule has 3 atom stereocenters. The molecule has 1 saturated heterocycles. The van der Waals surface area contributed by atoms with Crippen LogP contribution in [0.15, 0.2) is 36.7 Å². The molecule has 0 radical (unpaired) electrons. The van der Waals surface area contributed by atoms with Crippen LogP contribution in [0.25, 0.3) is 0 Å². The van der Waals surface area contributed by atoms with Crippen molar-refractivity contribution in [1.82, 2.24) is 15.2 Å². The van der Waals surface area contributed by atoms with Gasteiger partial charge in [-0.15, -0.1) is 0 Å². The molecule has 2 fully saturated rings. The maximum atomic E-state index is 14.7. The highest BCUT2D eigenvalue weighted by Crippen LogP contribution is 2.43. The molecular weight excluding hydrogens is 507 g/mol. The maximum absolute atomic E-state index is 14.7. The van der Waals surface area contributed by atoms with Crippen molar-refractivity contribution in [2.75, 3.05) is 0 Å². The maximum Gasteiger partial charge on any atom is 0.417 e. The first-order valence-electron chi connectivity index (χ1n) is 11.8. The molecule has 200 valence electrons. The van der Waals surface area contributed by atoms with Gasteiger partial charge in [0.05, 0.1) is 22.7 Å². The van der Waals surface area contributed by atoms with Crippen LogP contribution in [-0.4, -0.2) is 33.8 Å². The second kappa shape index (κ2) is 9.94. The summed E-state index contributed by atoms with van der Waals surface area (Å²) in [5, 5.41) is 2.70. The molecule has 1 aliphatic heterocycles. The Morgan fingerprint density at radius 3 is 2.24 bits per heavy atom. The molecule has 1 aliphatic carbocycles. The molecule has 1 aromatic carbocycles. The monoisotopic (exact) mass is 531 g/mol. The van der Waals surface area contributed by atoms with E-state index in [1.165, 1.54) is 4.90 Å². The Bertz CT molecular complexity index is 1180. The van der Waals surface area contributed by atoms with E-state index in [4.69, 9.17) is 0 Å². The normalized spacial score (nSPS) is 21.1. The standard InChI is InChI=1S/C25H24F7N3O2/c1-2-17-6-8-20(35(17)23(37)14-9-16(12-33-11-14)25(30,31)32)22(36)34-21(13-3-4-13)18-7-5-15(10-19(18)26)24(27,28)29/h5,7,9-13,17,20-21H,2-4,6,8H2,1H3,(H,34,36)/t17-,20-,21?/m1/s1. The highest BCUT2D eigenvalue weighted by atomic mass is 19.4. The quantitative estimate of drug-likeness (QED) is 0.472. The Morgan fingerprint density at radius 2 is 1.68 bits per heavy atom. The largest absolute Gasteiger partial charge is 0.417 e. The molecule has 2 aromatic rings. The summed E-state index contributed by atoms with van der Waals surface area (Å²) in [7, 11) is 0. The van der Waals surface area contributed by atoms with E-state index in [0.29, 0.717) is 44.0 Å². The van der Waals surface area contributed by atoms with Gasteiger partial charge in [-0.05, 0) is 56.2 Å². The van der Waals surface area contributed by atoms with Crippen LogP contribution < -0.4 is 5.32 Å². The van der Waals surface area contributed by atoms with Gasteiger partial charge in [-0.2, -0.15) is 26.3 Å². The SMILES string of the molecule is CC[C@@H]1CC[C@H](C(=O)NC(c2ccc(C(F)(F)F)cc2F)C2CC2)N1C(=O)c1cncc(C(F)(F)F)c1. The van der Waals surface area contributed by atoms with Gasteiger partial charge in [-0.25, -0.2) is 4.39 Å². The van der Waals surface area contributed by atoms with E-state index in [0.717, 1.165) is 18.3 Å². The van der Waals surface area contributed by atoms with Crippen LogP contribution in [0, 0.1) is 11.7 Å². The minimum atomic E-state index is -4.73. The summed E-state index contributed by atoms with van der Waals surface area (Å²) in [4.78, 5) is 31.4. The van der Waals surface area contributed by atoms with Gasteiger partial charge in [0.15, 0.2) is 0 Å². The minimum Gasteiger partial charge on any atom is -0.347 e. The second-order valence-electron chi connectivity index (χ2n) is 9.39. The lowest BCUT2D eigenvalue weighted by molar-refractivity contribution is -0.138. The lowest BCUT2D eigenvalue weighted by atomic mass is 9.99. The summed E-state index contributed by atoms with van der Waals surface area (Å²) in [5.41, 5.74) is -2.66. The number of carbonyl (C=O) groups excluding carboxylic acids is 2. The van der Waals surface area contributed by atoms with E-state index in [1.807, 2.05) is 0 Å². The van der Waals surface area contributed by atoms with Crippen LogP contribution in [-0.2, 0) is 17.1 Å². The molecule has 2 aliphatic rings. The molecule has 4 rings (SSSR count). The van der Waals surface area contributed by atoms with Gasteiger partial charge in [0.1, 0.15) is 11.9 Å². The summed E-state index contributed by atoms with van der Waals surface area (Å²) in [5.74, 6) is -2.71. The summed E-state index contributed by atoms with van der Waals surface area (Å²) in [6, 6.07) is 0.463. The summed E-state index contributed by atoms with van der Waals surface area (Å²) >= 11 is 0. The lowest BCUT2D eigenvalue weighted by Crippen LogP contribution is -2.49. The van der Waals surface area contributed by atoms with Crippen molar-refractivity contribution in [2.24, 2.45) is 5.92 Å². The lowest BCUT2D eigenvalue weighted by Gasteiger charge is -2.31. The highest BCUT2D eigenvalue weighted by Gasteiger charge is 2.44. The molecule has 2 heterocycles. The molecule has 0 bridgehead atoms. The van der Waals surface area contributed by atoms with Crippen molar-refractivity contribution in [3.8, 4) is 0 Å². The Balaban J connectivity index is 1.59. The van der Waals surface area contributed by atoms with E-state index in [2.05, 4.69) is 10.3 Å². The topological polar surface area (TPSA) is 62.3 Å². The van der Waals surface area contributed by atoms with E-state index in [-0.39, 0.29) is 23.5 Å². The first-order valence-corrected chi connectivity index (χ1v) is 11.8. The minimum absolute atomic E-state index is 0.0890. The highest BCUT2D eigenvalue weighted by molar-refractivity contribution is 5.98. The van der Waals surface area contributed by atoms with E-state index < -0.39 is 59.2 Å². The number of aromatic nitrogens is 1. The first kappa shape index (κ1) is 26.9. The molecule has 1 saturated carbocycles.